The monoisotopic (exact) mass is 291 g/mol. The van der Waals surface area contributed by atoms with Gasteiger partial charge in [-0.1, -0.05) is 15.7 Å². The fourth-order valence-electron chi connectivity index (χ4n) is 1.18. The zero-order valence-corrected chi connectivity index (χ0v) is 13.3. The molecule has 0 amide bonds. The van der Waals surface area contributed by atoms with Crippen LogP contribution in [-0.2, 0) is 0 Å². The Hall–Kier alpha value is -2.58. The first-order valence-corrected chi connectivity index (χ1v) is 6.29. The van der Waals surface area contributed by atoms with E-state index in [2.05, 4.69) is 31.0 Å². The second-order valence-corrected chi connectivity index (χ2v) is 4.82. The van der Waals surface area contributed by atoms with Crippen molar-refractivity contribution in [2.24, 2.45) is 31.0 Å². The van der Waals surface area contributed by atoms with Crippen molar-refractivity contribution in [3.8, 4) is 0 Å². The van der Waals surface area contributed by atoms with E-state index in [1.165, 1.54) is 0 Å². The fourth-order valence-corrected chi connectivity index (χ4v) is 1.18. The molecule has 114 valence electrons. The molecule has 0 saturated carbocycles. The summed E-state index contributed by atoms with van der Waals surface area (Å²) in [6.45, 7) is 0. The lowest BCUT2D eigenvalue weighted by Gasteiger charge is -2.04. The Balaban J connectivity index is 3.12. The van der Waals surface area contributed by atoms with E-state index in [1.807, 2.05) is 0 Å². The smallest absolute Gasteiger partial charge is 0.0918 e. The van der Waals surface area contributed by atoms with Crippen molar-refractivity contribution in [1.82, 2.24) is 15.0 Å². The largest absolute Gasteiger partial charge is 0.285 e. The predicted molar refractivity (Wildman–Crippen MR) is 81.1 cm³/mol. The normalized spacial score (nSPS) is 11.7. The number of hydrogen-bond donors (Lipinski definition) is 0. The topological polar surface area (TPSA) is 83.9 Å². The third-order valence-electron chi connectivity index (χ3n) is 1.90. The first kappa shape index (κ1) is 16.5. The summed E-state index contributed by atoms with van der Waals surface area (Å²) in [6, 6.07) is 5.32. The highest BCUT2D eigenvalue weighted by Crippen LogP contribution is 2.29. The Morgan fingerprint density at radius 2 is 0.762 bits per heavy atom. The third-order valence-corrected chi connectivity index (χ3v) is 1.90. The van der Waals surface area contributed by atoms with Gasteiger partial charge in [-0.2, -0.15) is 0 Å². The number of hydrogen-bond acceptors (Lipinski definition) is 6. The summed E-state index contributed by atoms with van der Waals surface area (Å²) >= 11 is 0. The van der Waals surface area contributed by atoms with Crippen LogP contribution in [-0.4, -0.2) is 57.3 Å². The second kappa shape index (κ2) is 7.88. The molecule has 21 heavy (non-hydrogen) atoms. The maximum atomic E-state index is 4.10. The summed E-state index contributed by atoms with van der Waals surface area (Å²) < 4.78 is 0. The van der Waals surface area contributed by atoms with Gasteiger partial charge in [0.1, 0.15) is 0 Å². The van der Waals surface area contributed by atoms with Crippen LogP contribution in [0.1, 0.15) is 0 Å². The molecule has 0 aliphatic carbocycles. The molecule has 0 aliphatic rings. The maximum Gasteiger partial charge on any atom is 0.0918 e. The maximum absolute atomic E-state index is 4.10. The molecule has 1 aromatic carbocycles. The van der Waals surface area contributed by atoms with Crippen molar-refractivity contribution in [3.63, 3.8) is 0 Å². The Morgan fingerprint density at radius 1 is 0.524 bits per heavy atom. The van der Waals surface area contributed by atoms with Crippen LogP contribution < -0.4 is 0 Å². The van der Waals surface area contributed by atoms with Crippen molar-refractivity contribution in [2.45, 2.75) is 0 Å². The predicted octanol–water partition coefficient (Wildman–Crippen LogP) is 3.37. The molecule has 0 radical (unpaired) electrons. The summed E-state index contributed by atoms with van der Waals surface area (Å²) in [6.07, 6.45) is 0. The van der Waals surface area contributed by atoms with Gasteiger partial charge in [0.25, 0.3) is 0 Å². The molecule has 1 aromatic rings. The zero-order chi connectivity index (χ0) is 15.8. The average molecular weight is 291 g/mol. The second-order valence-electron chi connectivity index (χ2n) is 4.82. The molecule has 0 N–H and O–H groups in total. The molecule has 0 aromatic heterocycles. The molecular formula is C12H21N9. The van der Waals surface area contributed by atoms with E-state index >= 15 is 0 Å². The highest BCUT2D eigenvalue weighted by molar-refractivity contribution is 5.60. The molecule has 1 rings (SSSR count). The lowest BCUT2D eigenvalue weighted by Crippen LogP contribution is -1.99. The number of rotatable bonds is 6. The standard InChI is InChI=1S/C12H21N9/c1-19(2)16-13-10-7-11(14-17-20(3)4)9-12(8-10)15-18-21(5)6/h7-9H,1-6H3. The fraction of sp³-hybridized carbons (Fsp3) is 0.500. The van der Waals surface area contributed by atoms with Gasteiger partial charge in [-0.25, -0.2) is 0 Å². The van der Waals surface area contributed by atoms with Gasteiger partial charge in [-0.05, 0) is 18.2 Å². The lowest BCUT2D eigenvalue weighted by atomic mass is 10.2. The van der Waals surface area contributed by atoms with Gasteiger partial charge in [-0.3, -0.25) is 15.0 Å². The number of nitrogens with zero attached hydrogens (tertiary/aromatic N) is 9. The number of benzene rings is 1. The highest BCUT2D eigenvalue weighted by Gasteiger charge is 2.01. The summed E-state index contributed by atoms with van der Waals surface area (Å²) in [5.74, 6) is 0. The van der Waals surface area contributed by atoms with Gasteiger partial charge < -0.3 is 0 Å². The Morgan fingerprint density at radius 3 is 0.952 bits per heavy atom. The van der Waals surface area contributed by atoms with Crippen LogP contribution in [0.4, 0.5) is 17.1 Å². The molecule has 0 bridgehead atoms. The lowest BCUT2D eigenvalue weighted by molar-refractivity contribution is 0.407. The van der Waals surface area contributed by atoms with Crippen LogP contribution in [0.25, 0.3) is 0 Å². The molecule has 9 nitrogen and oxygen atoms in total. The molecular weight excluding hydrogens is 270 g/mol. The molecule has 0 atom stereocenters. The van der Waals surface area contributed by atoms with E-state index in [0.717, 1.165) is 0 Å². The first-order chi connectivity index (χ1) is 9.86. The van der Waals surface area contributed by atoms with Gasteiger partial charge in [0.15, 0.2) is 0 Å². The van der Waals surface area contributed by atoms with E-state index in [1.54, 1.807) is 75.5 Å². The molecule has 0 aliphatic heterocycles. The van der Waals surface area contributed by atoms with Crippen LogP contribution in [0.3, 0.4) is 0 Å². The van der Waals surface area contributed by atoms with E-state index in [-0.39, 0.29) is 0 Å². The van der Waals surface area contributed by atoms with E-state index < -0.39 is 0 Å². The van der Waals surface area contributed by atoms with Gasteiger partial charge in [0, 0.05) is 42.3 Å². The van der Waals surface area contributed by atoms with Crippen molar-refractivity contribution in [3.05, 3.63) is 18.2 Å². The van der Waals surface area contributed by atoms with E-state index in [4.69, 9.17) is 0 Å². The quantitative estimate of drug-likeness (QED) is 0.595. The molecule has 0 spiro atoms. The Kier molecular flexibility index (Phi) is 6.18. The Labute approximate surface area is 124 Å². The van der Waals surface area contributed by atoms with Crippen LogP contribution >= 0.6 is 0 Å². The molecule has 9 heteroatoms. The van der Waals surface area contributed by atoms with Crippen LogP contribution in [0.2, 0.25) is 0 Å². The molecule has 0 fully saturated rings. The summed E-state index contributed by atoms with van der Waals surface area (Å²) in [4.78, 5) is 0. The van der Waals surface area contributed by atoms with Crippen LogP contribution in [0.5, 0.6) is 0 Å². The summed E-state index contributed by atoms with van der Waals surface area (Å²) in [7, 11) is 10.8. The van der Waals surface area contributed by atoms with Crippen molar-refractivity contribution >= 4 is 17.1 Å². The first-order valence-electron chi connectivity index (χ1n) is 6.29. The molecule has 0 unspecified atom stereocenters. The van der Waals surface area contributed by atoms with Gasteiger partial charge in [-0.15, -0.1) is 15.3 Å². The SMILES string of the molecule is CN(C)N=Nc1cc(N=NN(C)C)cc(N=NN(C)C)c1. The Bertz CT molecular complexity index is 443. The van der Waals surface area contributed by atoms with Gasteiger partial charge in [0.2, 0.25) is 0 Å². The van der Waals surface area contributed by atoms with Crippen molar-refractivity contribution in [1.29, 1.82) is 0 Å². The highest BCUT2D eigenvalue weighted by atomic mass is 15.5. The summed E-state index contributed by atoms with van der Waals surface area (Å²) in [5.41, 5.74) is 1.89. The minimum absolute atomic E-state index is 0.631. The zero-order valence-electron chi connectivity index (χ0n) is 13.3. The van der Waals surface area contributed by atoms with Crippen LogP contribution in [0.15, 0.2) is 49.2 Å². The third kappa shape index (κ3) is 6.95. The summed E-state index contributed by atoms with van der Waals surface area (Å²) in [5, 5.41) is 29.0. The van der Waals surface area contributed by atoms with E-state index in [0.29, 0.717) is 17.1 Å². The molecule has 0 heterocycles. The van der Waals surface area contributed by atoms with Gasteiger partial charge >= 0.3 is 0 Å². The van der Waals surface area contributed by atoms with Crippen molar-refractivity contribution < 1.29 is 0 Å². The average Bonchev–Trinajstić information content (AvgIpc) is 2.40. The minimum atomic E-state index is 0.631. The minimum Gasteiger partial charge on any atom is -0.285 e. The molecule has 0 saturated heterocycles. The van der Waals surface area contributed by atoms with Gasteiger partial charge in [0.05, 0.1) is 17.1 Å². The van der Waals surface area contributed by atoms with E-state index in [9.17, 15) is 0 Å². The van der Waals surface area contributed by atoms with Crippen molar-refractivity contribution in [2.75, 3.05) is 42.3 Å². The van der Waals surface area contributed by atoms with Crippen LogP contribution in [0, 0.1) is 0 Å².